The molecule has 14 heavy (non-hydrogen) atoms. The summed E-state index contributed by atoms with van der Waals surface area (Å²) in [7, 11) is 0. The molecule has 0 aromatic carbocycles. The van der Waals surface area contributed by atoms with Crippen molar-refractivity contribution in [1.82, 2.24) is 0 Å². The molecule has 0 saturated carbocycles. The van der Waals surface area contributed by atoms with E-state index in [0.29, 0.717) is 6.42 Å². The van der Waals surface area contributed by atoms with Crippen LogP contribution in [0.3, 0.4) is 0 Å². The zero-order valence-electron chi connectivity index (χ0n) is 9.04. The Morgan fingerprint density at radius 1 is 1.21 bits per heavy atom. The second-order valence-corrected chi connectivity index (χ2v) is 3.36. The predicted octanol–water partition coefficient (Wildman–Crippen LogP) is 1.88. The molecule has 0 bridgehead atoms. The van der Waals surface area contributed by atoms with Gasteiger partial charge in [-0.25, -0.2) is 0 Å². The molecule has 4 nitrogen and oxygen atoms in total. The molecule has 0 aromatic rings. The second kappa shape index (κ2) is 7.35. The summed E-state index contributed by atoms with van der Waals surface area (Å²) in [5.41, 5.74) is 0. The standard InChI is InChI=1S/C10H18O4/c1-4-5-6-9(11)13-7-14-10(12)8(2)3/h8H,4-7H2,1-3H3. The summed E-state index contributed by atoms with van der Waals surface area (Å²) in [6, 6.07) is 0. The van der Waals surface area contributed by atoms with Gasteiger partial charge < -0.3 is 9.47 Å². The number of carbonyl (C=O) groups excluding carboxylic acids is 2. The van der Waals surface area contributed by atoms with Gasteiger partial charge in [-0.05, 0) is 6.42 Å². The van der Waals surface area contributed by atoms with Crippen LogP contribution in [0, 0.1) is 5.92 Å². The average molecular weight is 202 g/mol. The fourth-order valence-corrected chi connectivity index (χ4v) is 0.713. The van der Waals surface area contributed by atoms with Crippen molar-refractivity contribution >= 4 is 11.9 Å². The molecule has 0 radical (unpaired) electrons. The molecule has 0 aliphatic carbocycles. The summed E-state index contributed by atoms with van der Waals surface area (Å²) in [5, 5.41) is 0. The summed E-state index contributed by atoms with van der Waals surface area (Å²) in [5.74, 6) is -0.860. The maximum Gasteiger partial charge on any atom is 0.311 e. The van der Waals surface area contributed by atoms with Crippen molar-refractivity contribution in [1.29, 1.82) is 0 Å². The number of hydrogen-bond donors (Lipinski definition) is 0. The summed E-state index contributed by atoms with van der Waals surface area (Å²) in [4.78, 5) is 21.9. The van der Waals surface area contributed by atoms with Gasteiger partial charge in [-0.2, -0.15) is 0 Å². The van der Waals surface area contributed by atoms with Gasteiger partial charge in [0, 0.05) is 6.42 Å². The van der Waals surface area contributed by atoms with Crippen LogP contribution in [0.25, 0.3) is 0 Å². The maximum absolute atomic E-state index is 10.9. The van der Waals surface area contributed by atoms with Crippen LogP contribution in [0.1, 0.15) is 40.0 Å². The highest BCUT2D eigenvalue weighted by Gasteiger charge is 2.09. The lowest BCUT2D eigenvalue weighted by molar-refractivity contribution is -0.169. The lowest BCUT2D eigenvalue weighted by atomic mass is 10.2. The second-order valence-electron chi connectivity index (χ2n) is 3.36. The first-order valence-corrected chi connectivity index (χ1v) is 4.90. The van der Waals surface area contributed by atoms with Crippen molar-refractivity contribution in [3.63, 3.8) is 0 Å². The number of carbonyl (C=O) groups is 2. The normalized spacial score (nSPS) is 10.0. The molecule has 0 unspecified atom stereocenters. The van der Waals surface area contributed by atoms with Crippen LogP contribution in [0.2, 0.25) is 0 Å². The first-order chi connectivity index (χ1) is 6.57. The number of ether oxygens (including phenoxy) is 2. The molecule has 0 saturated heterocycles. The van der Waals surface area contributed by atoms with Crippen molar-refractivity contribution in [2.45, 2.75) is 40.0 Å². The number of unbranched alkanes of at least 4 members (excludes halogenated alkanes) is 1. The van der Waals surface area contributed by atoms with Gasteiger partial charge in [-0.3, -0.25) is 9.59 Å². The minimum absolute atomic E-state index is 0.190. The highest BCUT2D eigenvalue weighted by Crippen LogP contribution is 1.99. The summed E-state index contributed by atoms with van der Waals surface area (Å²) >= 11 is 0. The SMILES string of the molecule is CCCCC(=O)OCOC(=O)C(C)C. The maximum atomic E-state index is 10.9. The van der Waals surface area contributed by atoms with E-state index in [1.54, 1.807) is 13.8 Å². The molecule has 0 heterocycles. The Morgan fingerprint density at radius 2 is 1.86 bits per heavy atom. The molecule has 0 rings (SSSR count). The van der Waals surface area contributed by atoms with E-state index in [1.165, 1.54) is 0 Å². The highest BCUT2D eigenvalue weighted by molar-refractivity contribution is 5.72. The van der Waals surface area contributed by atoms with Gasteiger partial charge in [0.05, 0.1) is 5.92 Å². The van der Waals surface area contributed by atoms with E-state index in [1.807, 2.05) is 6.92 Å². The molecule has 0 atom stereocenters. The van der Waals surface area contributed by atoms with Crippen molar-refractivity contribution in [3.8, 4) is 0 Å². The van der Waals surface area contributed by atoms with Crippen LogP contribution in [-0.4, -0.2) is 18.7 Å². The van der Waals surface area contributed by atoms with Crippen molar-refractivity contribution in [3.05, 3.63) is 0 Å². The first-order valence-electron chi connectivity index (χ1n) is 4.90. The summed E-state index contributed by atoms with van der Waals surface area (Å²) < 4.78 is 9.35. The van der Waals surface area contributed by atoms with Crippen molar-refractivity contribution in [2.24, 2.45) is 5.92 Å². The zero-order valence-corrected chi connectivity index (χ0v) is 9.04. The van der Waals surface area contributed by atoms with E-state index >= 15 is 0 Å². The lowest BCUT2D eigenvalue weighted by Crippen LogP contribution is -2.16. The Labute approximate surface area is 84.6 Å². The molecule has 4 heteroatoms. The van der Waals surface area contributed by atoms with Gasteiger partial charge in [0.1, 0.15) is 0 Å². The van der Waals surface area contributed by atoms with Crippen LogP contribution in [-0.2, 0) is 19.1 Å². The van der Waals surface area contributed by atoms with Crippen molar-refractivity contribution < 1.29 is 19.1 Å². The smallest absolute Gasteiger partial charge is 0.311 e. The lowest BCUT2D eigenvalue weighted by Gasteiger charge is -2.07. The first kappa shape index (κ1) is 12.9. The van der Waals surface area contributed by atoms with Gasteiger partial charge in [0.25, 0.3) is 0 Å². The fourth-order valence-electron chi connectivity index (χ4n) is 0.713. The topological polar surface area (TPSA) is 52.6 Å². The van der Waals surface area contributed by atoms with E-state index in [-0.39, 0.29) is 24.6 Å². The minimum Gasteiger partial charge on any atom is -0.428 e. The largest absolute Gasteiger partial charge is 0.428 e. The van der Waals surface area contributed by atoms with Gasteiger partial charge >= 0.3 is 11.9 Å². The third kappa shape index (κ3) is 6.46. The Kier molecular flexibility index (Phi) is 6.80. The molecule has 0 aliphatic rings. The van der Waals surface area contributed by atoms with Crippen LogP contribution >= 0.6 is 0 Å². The van der Waals surface area contributed by atoms with E-state index in [2.05, 4.69) is 9.47 Å². The molecule has 0 fully saturated rings. The average Bonchev–Trinajstić information content (AvgIpc) is 2.14. The third-order valence-electron chi connectivity index (χ3n) is 1.63. The number of hydrogen-bond acceptors (Lipinski definition) is 4. The fraction of sp³-hybridized carbons (Fsp3) is 0.800. The van der Waals surface area contributed by atoms with Crippen LogP contribution in [0.4, 0.5) is 0 Å². The van der Waals surface area contributed by atoms with E-state index < -0.39 is 0 Å². The Bertz CT molecular complexity index is 187. The van der Waals surface area contributed by atoms with Gasteiger partial charge in [-0.1, -0.05) is 27.2 Å². The number of esters is 2. The molecule has 0 amide bonds. The third-order valence-corrected chi connectivity index (χ3v) is 1.63. The quantitative estimate of drug-likeness (QED) is 0.487. The molecule has 0 N–H and O–H groups in total. The van der Waals surface area contributed by atoms with Crippen LogP contribution < -0.4 is 0 Å². The summed E-state index contributed by atoms with van der Waals surface area (Å²) in [6.45, 7) is 5.17. The monoisotopic (exact) mass is 202 g/mol. The Hall–Kier alpha value is -1.06. The minimum atomic E-state index is -0.353. The molecule has 0 aliphatic heterocycles. The van der Waals surface area contributed by atoms with Gasteiger partial charge in [0.2, 0.25) is 6.79 Å². The van der Waals surface area contributed by atoms with E-state index in [0.717, 1.165) is 12.8 Å². The van der Waals surface area contributed by atoms with Gasteiger partial charge in [0.15, 0.2) is 0 Å². The van der Waals surface area contributed by atoms with Crippen LogP contribution in [0.15, 0.2) is 0 Å². The highest BCUT2D eigenvalue weighted by atomic mass is 16.7. The zero-order chi connectivity index (χ0) is 11.0. The van der Waals surface area contributed by atoms with Gasteiger partial charge in [-0.15, -0.1) is 0 Å². The number of rotatable bonds is 6. The molecule has 0 aromatic heterocycles. The molecular formula is C10H18O4. The Balaban J connectivity index is 3.44. The predicted molar refractivity (Wildman–Crippen MR) is 51.4 cm³/mol. The van der Waals surface area contributed by atoms with Crippen molar-refractivity contribution in [2.75, 3.05) is 6.79 Å². The molecule has 0 spiro atoms. The Morgan fingerprint density at radius 3 is 2.36 bits per heavy atom. The summed E-state index contributed by atoms with van der Waals surface area (Å²) in [6.07, 6.45) is 2.13. The molecular weight excluding hydrogens is 184 g/mol. The van der Waals surface area contributed by atoms with Crippen LogP contribution in [0.5, 0.6) is 0 Å². The van der Waals surface area contributed by atoms with E-state index in [9.17, 15) is 9.59 Å². The molecule has 82 valence electrons. The van der Waals surface area contributed by atoms with E-state index in [4.69, 9.17) is 0 Å².